The van der Waals surface area contributed by atoms with Gasteiger partial charge < -0.3 is 9.32 Å². The zero-order valence-corrected chi connectivity index (χ0v) is 16.0. The number of furan rings is 1. The summed E-state index contributed by atoms with van der Waals surface area (Å²) in [5.41, 5.74) is -0.700. The number of nitrogens with zero attached hydrogens (tertiary/aromatic N) is 1. The first kappa shape index (κ1) is 20.2. The number of carbonyl (C=O) groups excluding carboxylic acids is 1. The Morgan fingerprint density at radius 2 is 2.00 bits per heavy atom. The van der Waals surface area contributed by atoms with Crippen molar-refractivity contribution < 1.29 is 22.4 Å². The van der Waals surface area contributed by atoms with Crippen LogP contribution in [0, 0.1) is 0 Å². The van der Waals surface area contributed by atoms with Crippen molar-refractivity contribution in [2.75, 3.05) is 0 Å². The van der Waals surface area contributed by atoms with E-state index in [0.29, 0.717) is 12.3 Å². The zero-order valence-electron chi connectivity index (χ0n) is 14.4. The summed E-state index contributed by atoms with van der Waals surface area (Å²) in [6.07, 6.45) is -0.446. The third kappa shape index (κ3) is 5.27. The number of carbonyl (C=O) groups is 1. The molecule has 0 spiro atoms. The lowest BCUT2D eigenvalue weighted by atomic mass is 10.1. The van der Waals surface area contributed by atoms with Crippen LogP contribution in [0.4, 0.5) is 13.2 Å². The summed E-state index contributed by atoms with van der Waals surface area (Å²) in [7, 11) is 0. The monoisotopic (exact) mass is 425 g/mol. The quantitative estimate of drug-likeness (QED) is 0.437. The minimum absolute atomic E-state index is 0.235. The van der Waals surface area contributed by atoms with Crippen molar-refractivity contribution in [1.29, 1.82) is 0 Å². The molecule has 0 fully saturated rings. The van der Waals surface area contributed by atoms with Crippen LogP contribution in [-0.2, 0) is 24.1 Å². The Balaban J connectivity index is 1.79. The van der Waals surface area contributed by atoms with Crippen molar-refractivity contribution >= 4 is 34.9 Å². The average Bonchev–Trinajstić information content (AvgIpc) is 3.33. The van der Waals surface area contributed by atoms with E-state index >= 15 is 0 Å². The maximum atomic E-state index is 13.0. The van der Waals surface area contributed by atoms with E-state index in [2.05, 4.69) is 0 Å². The molecule has 0 unspecified atom stereocenters. The normalized spacial score (nSPS) is 11.9. The fourth-order valence-electron chi connectivity index (χ4n) is 2.53. The molecular weight excluding hydrogens is 411 g/mol. The lowest BCUT2D eigenvalue weighted by Crippen LogP contribution is -2.28. The molecule has 28 heavy (non-hydrogen) atoms. The minimum atomic E-state index is -4.56. The summed E-state index contributed by atoms with van der Waals surface area (Å²) >= 11 is 7.14. The Bertz CT molecular complexity index is 914. The molecule has 2 aromatic heterocycles. The predicted octanol–water partition coefficient (Wildman–Crippen LogP) is 6.26. The number of thiophene rings is 1. The standard InChI is InChI=1S/C20H15ClF3NO2S/c21-18-7-5-14(11-17(18)20(22,23)24)6-8-19(26)25(12-15-3-1-9-27-15)13-16-4-2-10-28-16/h1-11H,12-13H2/b8-6+. The smallest absolute Gasteiger partial charge is 0.417 e. The van der Waals surface area contributed by atoms with Gasteiger partial charge in [-0.25, -0.2) is 0 Å². The molecule has 0 atom stereocenters. The first-order valence-electron chi connectivity index (χ1n) is 8.21. The van der Waals surface area contributed by atoms with Crippen LogP contribution in [0.3, 0.4) is 0 Å². The number of alkyl halides is 3. The van der Waals surface area contributed by atoms with Crippen molar-refractivity contribution in [3.8, 4) is 0 Å². The van der Waals surface area contributed by atoms with E-state index in [1.54, 1.807) is 17.0 Å². The van der Waals surface area contributed by atoms with Crippen LogP contribution in [0.1, 0.15) is 21.8 Å². The van der Waals surface area contributed by atoms with E-state index in [1.165, 1.54) is 41.9 Å². The first-order chi connectivity index (χ1) is 13.3. The molecule has 3 aromatic rings. The van der Waals surface area contributed by atoms with Crippen molar-refractivity contribution in [3.63, 3.8) is 0 Å². The highest BCUT2D eigenvalue weighted by Gasteiger charge is 2.33. The Labute approximate surface area is 168 Å². The van der Waals surface area contributed by atoms with Crippen LogP contribution in [0.5, 0.6) is 0 Å². The van der Waals surface area contributed by atoms with Gasteiger partial charge in [-0.1, -0.05) is 23.7 Å². The maximum Gasteiger partial charge on any atom is 0.417 e. The highest BCUT2D eigenvalue weighted by atomic mass is 35.5. The molecule has 1 amide bonds. The largest absolute Gasteiger partial charge is 0.467 e. The number of benzene rings is 1. The van der Waals surface area contributed by atoms with E-state index < -0.39 is 11.7 Å². The van der Waals surface area contributed by atoms with Gasteiger partial charge in [-0.15, -0.1) is 11.3 Å². The first-order valence-corrected chi connectivity index (χ1v) is 9.47. The molecular formula is C20H15ClF3NO2S. The number of halogens is 4. The molecule has 0 saturated heterocycles. The van der Waals surface area contributed by atoms with E-state index in [9.17, 15) is 18.0 Å². The van der Waals surface area contributed by atoms with Gasteiger partial charge in [0.1, 0.15) is 5.76 Å². The molecule has 0 aliphatic rings. The summed E-state index contributed by atoms with van der Waals surface area (Å²) in [5, 5.41) is 1.53. The Morgan fingerprint density at radius 1 is 1.18 bits per heavy atom. The topological polar surface area (TPSA) is 33.5 Å². The molecule has 0 N–H and O–H groups in total. The molecule has 0 bridgehead atoms. The summed E-state index contributed by atoms with van der Waals surface area (Å²) < 4.78 is 44.3. The number of rotatable bonds is 6. The Hall–Kier alpha value is -2.51. The molecule has 146 valence electrons. The Kier molecular flexibility index (Phi) is 6.26. The second-order valence-electron chi connectivity index (χ2n) is 5.92. The number of hydrogen-bond acceptors (Lipinski definition) is 3. The molecule has 8 heteroatoms. The summed E-state index contributed by atoms with van der Waals surface area (Å²) in [5.74, 6) is 0.275. The van der Waals surface area contributed by atoms with Crippen LogP contribution in [0.25, 0.3) is 6.08 Å². The minimum Gasteiger partial charge on any atom is -0.467 e. The van der Waals surface area contributed by atoms with E-state index in [-0.39, 0.29) is 23.0 Å². The van der Waals surface area contributed by atoms with Crippen LogP contribution < -0.4 is 0 Å². The SMILES string of the molecule is O=C(/C=C/c1ccc(Cl)c(C(F)(F)F)c1)N(Cc1ccco1)Cc1cccs1. The van der Waals surface area contributed by atoms with E-state index in [0.717, 1.165) is 10.9 Å². The molecule has 2 heterocycles. The maximum absolute atomic E-state index is 13.0. The van der Waals surface area contributed by atoms with Gasteiger partial charge in [0, 0.05) is 11.0 Å². The summed E-state index contributed by atoms with van der Waals surface area (Å²) in [6, 6.07) is 10.8. The molecule has 3 rings (SSSR count). The fourth-order valence-corrected chi connectivity index (χ4v) is 3.47. The Morgan fingerprint density at radius 3 is 2.64 bits per heavy atom. The van der Waals surface area contributed by atoms with Gasteiger partial charge in [-0.2, -0.15) is 13.2 Å². The van der Waals surface area contributed by atoms with Crippen LogP contribution in [-0.4, -0.2) is 10.8 Å². The van der Waals surface area contributed by atoms with Crippen molar-refractivity contribution in [3.05, 3.63) is 87.0 Å². The third-order valence-electron chi connectivity index (χ3n) is 3.88. The lowest BCUT2D eigenvalue weighted by Gasteiger charge is -2.19. The molecule has 0 aliphatic heterocycles. The van der Waals surface area contributed by atoms with Crippen molar-refractivity contribution in [1.82, 2.24) is 4.90 Å². The summed E-state index contributed by atoms with van der Waals surface area (Å²) in [4.78, 5) is 15.2. The van der Waals surface area contributed by atoms with Gasteiger partial charge in [-0.3, -0.25) is 4.79 Å². The molecule has 0 aliphatic carbocycles. The summed E-state index contributed by atoms with van der Waals surface area (Å²) in [6.45, 7) is 0.623. The van der Waals surface area contributed by atoms with Gasteiger partial charge >= 0.3 is 6.18 Å². The predicted molar refractivity (Wildman–Crippen MR) is 103 cm³/mol. The van der Waals surface area contributed by atoms with E-state index in [1.807, 2.05) is 17.5 Å². The van der Waals surface area contributed by atoms with Gasteiger partial charge in [0.25, 0.3) is 0 Å². The molecule has 1 aromatic carbocycles. The van der Waals surface area contributed by atoms with Crippen molar-refractivity contribution in [2.24, 2.45) is 0 Å². The molecule has 0 saturated carbocycles. The number of amides is 1. The highest BCUT2D eigenvalue weighted by Crippen LogP contribution is 2.35. The van der Waals surface area contributed by atoms with Gasteiger partial charge in [0.15, 0.2) is 0 Å². The lowest BCUT2D eigenvalue weighted by molar-refractivity contribution is -0.137. The van der Waals surface area contributed by atoms with Crippen LogP contribution in [0.15, 0.2) is 64.6 Å². The number of hydrogen-bond donors (Lipinski definition) is 0. The van der Waals surface area contributed by atoms with Crippen LogP contribution in [0.2, 0.25) is 5.02 Å². The highest BCUT2D eigenvalue weighted by molar-refractivity contribution is 7.09. The molecule has 0 radical (unpaired) electrons. The second-order valence-corrected chi connectivity index (χ2v) is 7.36. The fraction of sp³-hybridized carbons (Fsp3) is 0.150. The van der Waals surface area contributed by atoms with Crippen molar-refractivity contribution in [2.45, 2.75) is 19.3 Å². The van der Waals surface area contributed by atoms with Gasteiger partial charge in [0.2, 0.25) is 5.91 Å². The average molecular weight is 426 g/mol. The van der Waals surface area contributed by atoms with Gasteiger partial charge in [-0.05, 0) is 47.4 Å². The van der Waals surface area contributed by atoms with Gasteiger partial charge in [0.05, 0.1) is 29.9 Å². The second kappa shape index (κ2) is 8.67. The zero-order chi connectivity index (χ0) is 20.1. The van der Waals surface area contributed by atoms with E-state index in [4.69, 9.17) is 16.0 Å². The van der Waals surface area contributed by atoms with Crippen LogP contribution >= 0.6 is 22.9 Å². The molecule has 3 nitrogen and oxygen atoms in total. The third-order valence-corrected chi connectivity index (χ3v) is 5.07.